The number of nitrogens with zero attached hydrogens (tertiary/aromatic N) is 5. The van der Waals surface area contributed by atoms with Gasteiger partial charge in [0.05, 0.1) is 10.0 Å². The normalized spacial score (nSPS) is 11.2. The first-order chi connectivity index (χ1) is 18.8. The van der Waals surface area contributed by atoms with Gasteiger partial charge in [0, 0.05) is 35.2 Å². The van der Waals surface area contributed by atoms with Crippen LogP contribution in [0.15, 0.2) is 36.7 Å². The zero-order valence-corrected chi connectivity index (χ0v) is 24.8. The smallest absolute Gasteiger partial charge is 0.420 e. The van der Waals surface area contributed by atoms with Gasteiger partial charge < -0.3 is 15.4 Å². The van der Waals surface area contributed by atoms with Crippen molar-refractivity contribution in [3.8, 4) is 0 Å². The second-order valence-electron chi connectivity index (χ2n) is 9.87. The third kappa shape index (κ3) is 6.85. The fraction of sp³-hybridized carbons (Fsp3) is 0.296. The molecule has 0 spiro atoms. The van der Waals surface area contributed by atoms with E-state index in [0.717, 1.165) is 34.1 Å². The summed E-state index contributed by atoms with van der Waals surface area (Å²) in [5.41, 5.74) is 1.66. The number of hydrogen-bond donors (Lipinski definition) is 2. The summed E-state index contributed by atoms with van der Waals surface area (Å²) in [6, 6.07) is 6.76. The predicted molar refractivity (Wildman–Crippen MR) is 156 cm³/mol. The van der Waals surface area contributed by atoms with Crippen LogP contribution in [0, 0.1) is 27.7 Å². The van der Waals surface area contributed by atoms with Gasteiger partial charge in [0.1, 0.15) is 15.6 Å². The topological polar surface area (TPSA) is 139 Å². The van der Waals surface area contributed by atoms with E-state index in [9.17, 15) is 14.4 Å². The molecule has 0 aliphatic rings. The Labute approximate surface area is 239 Å². The minimum atomic E-state index is -0.858. The van der Waals surface area contributed by atoms with Crippen LogP contribution in [0.25, 0.3) is 0 Å². The molecule has 4 heterocycles. The molecule has 0 saturated heterocycles. The molecule has 0 unspecified atom stereocenters. The monoisotopic (exact) mass is 579 g/mol. The molecule has 4 aromatic rings. The Bertz CT molecular complexity index is 1490. The van der Waals surface area contributed by atoms with Gasteiger partial charge in [-0.25, -0.2) is 19.7 Å². The SMILES string of the molecule is Cc1cc(NC(=O)c2nc(C)sc2N(C(=O)OC(C)(C)C)c2sc(C)nc2C(=O)Nc2ccnc(C)c2)ccn1. The maximum absolute atomic E-state index is 13.7. The van der Waals surface area contributed by atoms with Gasteiger partial charge in [0.15, 0.2) is 11.4 Å². The molecule has 208 valence electrons. The Morgan fingerprint density at radius 1 is 0.775 bits per heavy atom. The average molecular weight is 580 g/mol. The standard InChI is InChI=1S/C27H29N7O4S2/c1-14-12-18(8-10-28-14)32-22(35)20-24(39-16(3)30-20)34(26(37)38-27(5,6)7)25-21(31-17(4)40-25)23(36)33-19-9-11-29-15(2)13-19/h8-13H,1-7H3,(H,28,32,35)(H,29,33,36). The number of carbonyl (C=O) groups is 3. The molecule has 4 aromatic heterocycles. The Kier molecular flexibility index (Phi) is 8.26. The highest BCUT2D eigenvalue weighted by Gasteiger charge is 2.35. The van der Waals surface area contributed by atoms with Crippen LogP contribution < -0.4 is 15.5 Å². The summed E-state index contributed by atoms with van der Waals surface area (Å²) in [6.07, 6.45) is 2.39. The van der Waals surface area contributed by atoms with E-state index in [1.54, 1.807) is 71.3 Å². The number of hydrogen-bond acceptors (Lipinski definition) is 10. The first-order valence-corrected chi connectivity index (χ1v) is 13.9. The number of pyridine rings is 2. The molecule has 2 N–H and O–H groups in total. The molecular formula is C27H29N7O4S2. The molecule has 0 radical (unpaired) electrons. The molecule has 3 amide bonds. The second kappa shape index (κ2) is 11.5. The van der Waals surface area contributed by atoms with E-state index in [1.807, 2.05) is 13.8 Å². The van der Waals surface area contributed by atoms with Gasteiger partial charge in [-0.1, -0.05) is 0 Å². The van der Waals surface area contributed by atoms with Crippen molar-refractivity contribution in [2.24, 2.45) is 0 Å². The Morgan fingerprint density at radius 2 is 1.20 bits per heavy atom. The Balaban J connectivity index is 1.79. The zero-order chi connectivity index (χ0) is 29.2. The maximum Gasteiger partial charge on any atom is 0.420 e. The van der Waals surface area contributed by atoms with Crippen molar-refractivity contribution >= 4 is 62.0 Å². The number of ether oxygens (including phenoxy) is 1. The van der Waals surface area contributed by atoms with E-state index in [2.05, 4.69) is 30.6 Å². The summed E-state index contributed by atoms with van der Waals surface area (Å²) in [4.78, 5) is 59.0. The summed E-state index contributed by atoms with van der Waals surface area (Å²) in [5, 5.41) is 7.12. The number of carbonyl (C=O) groups excluding carboxylic acids is 3. The van der Waals surface area contributed by atoms with Crippen LogP contribution >= 0.6 is 22.7 Å². The Morgan fingerprint density at radius 3 is 1.57 bits per heavy atom. The highest BCUT2D eigenvalue weighted by molar-refractivity contribution is 7.18. The van der Waals surface area contributed by atoms with Gasteiger partial charge in [0.25, 0.3) is 11.8 Å². The molecular weight excluding hydrogens is 550 g/mol. The fourth-order valence-electron chi connectivity index (χ4n) is 3.62. The number of thiazole rings is 2. The summed E-state index contributed by atoms with van der Waals surface area (Å²) in [5.74, 6) is -1.06. The van der Waals surface area contributed by atoms with Gasteiger partial charge in [-0.05, 0) is 72.7 Å². The molecule has 13 heteroatoms. The van der Waals surface area contributed by atoms with Gasteiger partial charge >= 0.3 is 6.09 Å². The minimum Gasteiger partial charge on any atom is -0.443 e. The van der Waals surface area contributed by atoms with Crippen molar-refractivity contribution in [3.63, 3.8) is 0 Å². The molecule has 0 bridgehead atoms. The lowest BCUT2D eigenvalue weighted by atomic mass is 10.2. The van der Waals surface area contributed by atoms with Crippen LogP contribution in [-0.2, 0) is 4.74 Å². The zero-order valence-electron chi connectivity index (χ0n) is 23.1. The molecule has 0 aliphatic carbocycles. The van der Waals surface area contributed by atoms with Crippen LogP contribution in [0.2, 0.25) is 0 Å². The lowest BCUT2D eigenvalue weighted by molar-refractivity contribution is 0.0600. The third-order valence-corrected chi connectivity index (χ3v) is 7.07. The van der Waals surface area contributed by atoms with E-state index in [-0.39, 0.29) is 21.4 Å². The van der Waals surface area contributed by atoms with E-state index < -0.39 is 23.5 Å². The molecule has 0 saturated carbocycles. The lowest BCUT2D eigenvalue weighted by Gasteiger charge is -2.26. The van der Waals surface area contributed by atoms with Crippen molar-refractivity contribution in [3.05, 3.63) is 69.5 Å². The third-order valence-electron chi connectivity index (χ3n) is 5.15. The molecule has 0 aromatic carbocycles. The van der Waals surface area contributed by atoms with Crippen LogP contribution in [0.4, 0.5) is 26.2 Å². The first-order valence-electron chi connectivity index (χ1n) is 12.3. The van der Waals surface area contributed by atoms with E-state index in [1.165, 1.54) is 4.90 Å². The predicted octanol–water partition coefficient (Wildman–Crippen LogP) is 6.20. The summed E-state index contributed by atoms with van der Waals surface area (Å²) in [7, 11) is 0. The molecule has 40 heavy (non-hydrogen) atoms. The quantitative estimate of drug-likeness (QED) is 0.275. The van der Waals surface area contributed by atoms with Gasteiger partial charge in [-0.3, -0.25) is 19.6 Å². The first kappa shape index (κ1) is 28.8. The van der Waals surface area contributed by atoms with Crippen molar-refractivity contribution in [1.82, 2.24) is 19.9 Å². The second-order valence-corrected chi connectivity index (χ2v) is 12.2. The number of rotatable bonds is 6. The highest BCUT2D eigenvalue weighted by atomic mass is 32.1. The van der Waals surface area contributed by atoms with Crippen molar-refractivity contribution in [2.75, 3.05) is 15.5 Å². The number of anilines is 4. The molecule has 0 aliphatic heterocycles. The van der Waals surface area contributed by atoms with Crippen LogP contribution in [-0.4, -0.2) is 43.4 Å². The van der Waals surface area contributed by atoms with E-state index in [4.69, 9.17) is 4.74 Å². The summed E-state index contributed by atoms with van der Waals surface area (Å²) >= 11 is 2.26. The number of aryl methyl sites for hydroxylation is 4. The van der Waals surface area contributed by atoms with Gasteiger partial charge in [-0.15, -0.1) is 22.7 Å². The minimum absolute atomic E-state index is 0.00462. The van der Waals surface area contributed by atoms with Crippen molar-refractivity contribution in [1.29, 1.82) is 0 Å². The molecule has 0 fully saturated rings. The molecule has 11 nitrogen and oxygen atoms in total. The van der Waals surface area contributed by atoms with Crippen LogP contribution in [0.5, 0.6) is 0 Å². The van der Waals surface area contributed by atoms with Crippen LogP contribution in [0.3, 0.4) is 0 Å². The van der Waals surface area contributed by atoms with Gasteiger partial charge in [0.2, 0.25) is 0 Å². The summed E-state index contributed by atoms with van der Waals surface area (Å²) in [6.45, 7) is 12.3. The lowest BCUT2D eigenvalue weighted by Crippen LogP contribution is -2.35. The largest absolute Gasteiger partial charge is 0.443 e. The van der Waals surface area contributed by atoms with E-state index in [0.29, 0.717) is 21.4 Å². The maximum atomic E-state index is 13.7. The van der Waals surface area contributed by atoms with Gasteiger partial charge in [-0.2, -0.15) is 0 Å². The number of aromatic nitrogens is 4. The Hall–Kier alpha value is -4.23. The van der Waals surface area contributed by atoms with Crippen LogP contribution in [0.1, 0.15) is 63.2 Å². The molecule has 0 atom stereocenters. The molecule has 4 rings (SSSR count). The number of amides is 3. The van der Waals surface area contributed by atoms with Crippen molar-refractivity contribution < 1.29 is 19.1 Å². The summed E-state index contributed by atoms with van der Waals surface area (Å²) < 4.78 is 5.73. The number of nitrogens with one attached hydrogen (secondary N) is 2. The fourth-order valence-corrected chi connectivity index (χ4v) is 5.50. The van der Waals surface area contributed by atoms with E-state index >= 15 is 0 Å². The van der Waals surface area contributed by atoms with Crippen molar-refractivity contribution in [2.45, 2.75) is 54.1 Å². The average Bonchev–Trinajstić information content (AvgIpc) is 3.41. The highest BCUT2D eigenvalue weighted by Crippen LogP contribution is 2.41.